The molecule has 2 aromatic rings. The van der Waals surface area contributed by atoms with Crippen molar-refractivity contribution in [3.05, 3.63) is 45.7 Å². The number of fused-ring (bicyclic) bond motifs is 1. The minimum Gasteiger partial charge on any atom is -0.327 e. The van der Waals surface area contributed by atoms with Gasteiger partial charge in [-0.15, -0.1) is 11.3 Å². The van der Waals surface area contributed by atoms with E-state index in [2.05, 4.69) is 21.4 Å². The van der Waals surface area contributed by atoms with Crippen molar-refractivity contribution in [2.24, 2.45) is 5.73 Å². The zero-order valence-corrected chi connectivity index (χ0v) is 11.3. The second-order valence-corrected chi connectivity index (χ2v) is 5.98. The molecule has 0 fully saturated rings. The SMILES string of the molecule is Cc1nc(CC(N)C2CCc3cccnc32)cs1. The molecule has 94 valence electrons. The Balaban J connectivity index is 1.76. The highest BCUT2D eigenvalue weighted by Gasteiger charge is 2.29. The lowest BCUT2D eigenvalue weighted by Gasteiger charge is -2.18. The van der Waals surface area contributed by atoms with Crippen LogP contribution in [0.3, 0.4) is 0 Å². The molecule has 1 aliphatic carbocycles. The summed E-state index contributed by atoms with van der Waals surface area (Å²) in [7, 11) is 0. The second kappa shape index (κ2) is 4.78. The van der Waals surface area contributed by atoms with Crippen LogP contribution in [-0.4, -0.2) is 16.0 Å². The maximum absolute atomic E-state index is 6.36. The first kappa shape index (κ1) is 11.8. The summed E-state index contributed by atoms with van der Waals surface area (Å²) in [6.07, 6.45) is 4.95. The molecular weight excluding hydrogens is 242 g/mol. The topological polar surface area (TPSA) is 51.8 Å². The molecule has 4 heteroatoms. The van der Waals surface area contributed by atoms with Gasteiger partial charge in [0, 0.05) is 35.7 Å². The van der Waals surface area contributed by atoms with Gasteiger partial charge < -0.3 is 5.73 Å². The molecule has 2 heterocycles. The van der Waals surface area contributed by atoms with Crippen LogP contribution in [0, 0.1) is 6.92 Å². The molecule has 2 aromatic heterocycles. The number of aryl methyl sites for hydroxylation is 2. The molecular formula is C14H17N3S. The smallest absolute Gasteiger partial charge is 0.0897 e. The predicted octanol–water partition coefficient (Wildman–Crippen LogP) is 2.45. The van der Waals surface area contributed by atoms with E-state index in [-0.39, 0.29) is 6.04 Å². The molecule has 0 amide bonds. The molecule has 2 atom stereocenters. The Labute approximate surface area is 111 Å². The van der Waals surface area contributed by atoms with E-state index in [4.69, 9.17) is 5.73 Å². The van der Waals surface area contributed by atoms with Crippen LogP contribution in [0.5, 0.6) is 0 Å². The van der Waals surface area contributed by atoms with Crippen molar-refractivity contribution in [3.8, 4) is 0 Å². The van der Waals surface area contributed by atoms with Gasteiger partial charge in [-0.3, -0.25) is 4.98 Å². The number of nitrogens with zero attached hydrogens (tertiary/aromatic N) is 2. The van der Waals surface area contributed by atoms with Gasteiger partial charge in [-0.25, -0.2) is 4.98 Å². The Morgan fingerprint density at radius 2 is 2.44 bits per heavy atom. The lowest BCUT2D eigenvalue weighted by molar-refractivity contribution is 0.513. The van der Waals surface area contributed by atoms with Crippen molar-refractivity contribution >= 4 is 11.3 Å². The lowest BCUT2D eigenvalue weighted by atomic mass is 9.94. The number of nitrogens with two attached hydrogens (primary N) is 1. The van der Waals surface area contributed by atoms with E-state index in [0.717, 1.165) is 30.0 Å². The van der Waals surface area contributed by atoms with Gasteiger partial charge >= 0.3 is 0 Å². The molecule has 2 N–H and O–H groups in total. The fourth-order valence-corrected chi connectivity index (χ4v) is 3.37. The van der Waals surface area contributed by atoms with E-state index in [1.807, 2.05) is 19.2 Å². The maximum atomic E-state index is 6.36. The Bertz CT molecular complexity index is 549. The molecule has 1 aliphatic rings. The summed E-state index contributed by atoms with van der Waals surface area (Å²) in [6.45, 7) is 2.03. The maximum Gasteiger partial charge on any atom is 0.0897 e. The number of aromatic nitrogens is 2. The van der Waals surface area contributed by atoms with Crippen LogP contribution in [0.2, 0.25) is 0 Å². The van der Waals surface area contributed by atoms with E-state index < -0.39 is 0 Å². The number of thiazole rings is 1. The first-order valence-corrected chi connectivity index (χ1v) is 7.22. The highest BCUT2D eigenvalue weighted by atomic mass is 32.1. The minimum absolute atomic E-state index is 0.127. The van der Waals surface area contributed by atoms with Gasteiger partial charge in [-0.05, 0) is 31.4 Å². The average molecular weight is 259 g/mol. The van der Waals surface area contributed by atoms with Gasteiger partial charge in [0.05, 0.1) is 10.7 Å². The summed E-state index contributed by atoms with van der Waals surface area (Å²) >= 11 is 1.69. The van der Waals surface area contributed by atoms with Crippen LogP contribution < -0.4 is 5.73 Å². The molecule has 0 spiro atoms. The number of hydrogen-bond donors (Lipinski definition) is 1. The van der Waals surface area contributed by atoms with E-state index >= 15 is 0 Å². The lowest BCUT2D eigenvalue weighted by Crippen LogP contribution is -2.30. The molecule has 2 unspecified atom stereocenters. The molecule has 0 aromatic carbocycles. The van der Waals surface area contributed by atoms with Crippen LogP contribution >= 0.6 is 11.3 Å². The third-order valence-corrected chi connectivity index (χ3v) is 4.45. The summed E-state index contributed by atoms with van der Waals surface area (Å²) in [5.74, 6) is 0.392. The van der Waals surface area contributed by atoms with Crippen molar-refractivity contribution in [1.29, 1.82) is 0 Å². The normalized spacial score (nSPS) is 19.8. The van der Waals surface area contributed by atoms with E-state index in [0.29, 0.717) is 5.92 Å². The molecule has 0 bridgehead atoms. The molecule has 3 nitrogen and oxygen atoms in total. The van der Waals surface area contributed by atoms with Gasteiger partial charge in [0.2, 0.25) is 0 Å². The van der Waals surface area contributed by atoms with Crippen molar-refractivity contribution in [1.82, 2.24) is 9.97 Å². The highest BCUT2D eigenvalue weighted by molar-refractivity contribution is 7.09. The Morgan fingerprint density at radius 1 is 1.56 bits per heavy atom. The standard InChI is InChI=1S/C14H17N3S/c1-9-17-11(8-18-9)7-13(15)12-5-4-10-3-2-6-16-14(10)12/h2-3,6,8,12-13H,4-5,7,15H2,1H3. The fourth-order valence-electron chi connectivity index (χ4n) is 2.75. The van der Waals surface area contributed by atoms with Crippen LogP contribution in [0.4, 0.5) is 0 Å². The number of pyridine rings is 1. The summed E-state index contributed by atoms with van der Waals surface area (Å²) < 4.78 is 0. The summed E-state index contributed by atoms with van der Waals surface area (Å²) in [4.78, 5) is 9.01. The van der Waals surface area contributed by atoms with Crippen molar-refractivity contribution < 1.29 is 0 Å². The monoisotopic (exact) mass is 259 g/mol. The third-order valence-electron chi connectivity index (χ3n) is 3.63. The highest BCUT2D eigenvalue weighted by Crippen LogP contribution is 2.33. The quantitative estimate of drug-likeness (QED) is 0.921. The Kier molecular flexibility index (Phi) is 3.14. The summed E-state index contributed by atoms with van der Waals surface area (Å²) in [6, 6.07) is 4.31. The zero-order chi connectivity index (χ0) is 12.5. The first-order valence-electron chi connectivity index (χ1n) is 6.34. The van der Waals surface area contributed by atoms with Crippen molar-refractivity contribution in [3.63, 3.8) is 0 Å². The molecule has 3 rings (SSSR count). The largest absolute Gasteiger partial charge is 0.327 e. The van der Waals surface area contributed by atoms with Gasteiger partial charge in [0.15, 0.2) is 0 Å². The molecule has 0 saturated carbocycles. The van der Waals surface area contributed by atoms with Crippen molar-refractivity contribution in [2.45, 2.75) is 38.1 Å². The fraction of sp³-hybridized carbons (Fsp3) is 0.429. The zero-order valence-electron chi connectivity index (χ0n) is 10.5. The number of hydrogen-bond acceptors (Lipinski definition) is 4. The second-order valence-electron chi connectivity index (χ2n) is 4.92. The van der Waals surface area contributed by atoms with Crippen molar-refractivity contribution in [2.75, 3.05) is 0 Å². The summed E-state index contributed by atoms with van der Waals surface area (Å²) in [5, 5.41) is 3.23. The van der Waals surface area contributed by atoms with E-state index in [9.17, 15) is 0 Å². The first-order chi connectivity index (χ1) is 8.74. The van der Waals surface area contributed by atoms with Crippen LogP contribution in [-0.2, 0) is 12.8 Å². The van der Waals surface area contributed by atoms with Gasteiger partial charge in [-0.1, -0.05) is 6.07 Å². The molecule has 18 heavy (non-hydrogen) atoms. The van der Waals surface area contributed by atoms with Crippen LogP contribution in [0.15, 0.2) is 23.7 Å². The number of rotatable bonds is 3. The third kappa shape index (κ3) is 2.18. The van der Waals surface area contributed by atoms with Gasteiger partial charge in [0.25, 0.3) is 0 Å². The minimum atomic E-state index is 0.127. The Morgan fingerprint density at radius 3 is 3.22 bits per heavy atom. The van der Waals surface area contributed by atoms with E-state index in [1.54, 1.807) is 11.3 Å². The average Bonchev–Trinajstić information content (AvgIpc) is 2.95. The molecule has 0 aliphatic heterocycles. The Hall–Kier alpha value is -1.26. The van der Waals surface area contributed by atoms with Crippen LogP contribution in [0.25, 0.3) is 0 Å². The predicted molar refractivity (Wildman–Crippen MR) is 73.8 cm³/mol. The van der Waals surface area contributed by atoms with Gasteiger partial charge in [0.1, 0.15) is 0 Å². The van der Waals surface area contributed by atoms with Crippen LogP contribution in [0.1, 0.15) is 34.3 Å². The van der Waals surface area contributed by atoms with Gasteiger partial charge in [-0.2, -0.15) is 0 Å². The van der Waals surface area contributed by atoms with E-state index in [1.165, 1.54) is 11.3 Å². The summed E-state index contributed by atoms with van der Waals surface area (Å²) in [5.41, 5.74) is 10.1. The molecule has 0 radical (unpaired) electrons. The molecule has 0 saturated heterocycles.